The number of carboxylic acid groups (broad SMARTS) is 1. The number of hydrogen-bond acceptors (Lipinski definition) is 5. The van der Waals surface area contributed by atoms with Crippen LogP contribution in [0.4, 0.5) is 0 Å². The summed E-state index contributed by atoms with van der Waals surface area (Å²) in [6.07, 6.45) is -0.962. The molecule has 0 unspecified atom stereocenters. The van der Waals surface area contributed by atoms with E-state index in [0.29, 0.717) is 5.56 Å². The first-order chi connectivity index (χ1) is 11.8. The van der Waals surface area contributed by atoms with E-state index in [1.165, 1.54) is 12.6 Å². The highest BCUT2D eigenvalue weighted by atomic mass is 16.5. The molecule has 0 fully saturated rings. The van der Waals surface area contributed by atoms with Crippen molar-refractivity contribution in [2.75, 3.05) is 7.11 Å². The van der Waals surface area contributed by atoms with E-state index in [1.807, 2.05) is 13.8 Å². The summed E-state index contributed by atoms with van der Waals surface area (Å²) in [7, 11) is 1.24. The molecule has 2 amide bonds. The number of nitrogens with one attached hydrogen (secondary N) is 2. The zero-order chi connectivity index (χ0) is 19.0. The number of carboxylic acids is 1. The lowest BCUT2D eigenvalue weighted by Crippen LogP contribution is -2.48. The third-order valence-electron chi connectivity index (χ3n) is 3.72. The van der Waals surface area contributed by atoms with Gasteiger partial charge in [-0.25, -0.2) is 10.3 Å². The molecule has 0 spiro atoms. The first kappa shape index (κ1) is 20.6. The van der Waals surface area contributed by atoms with Crippen LogP contribution in [0, 0.1) is 11.8 Å². The lowest BCUT2D eigenvalue weighted by Gasteiger charge is -2.26. The van der Waals surface area contributed by atoms with Crippen molar-refractivity contribution < 1.29 is 29.4 Å². The molecule has 0 heterocycles. The van der Waals surface area contributed by atoms with Gasteiger partial charge in [-0.1, -0.05) is 44.2 Å². The van der Waals surface area contributed by atoms with Crippen molar-refractivity contribution in [2.45, 2.75) is 32.4 Å². The van der Waals surface area contributed by atoms with E-state index in [2.05, 4.69) is 5.32 Å². The molecule has 1 aromatic rings. The summed E-state index contributed by atoms with van der Waals surface area (Å²) in [5, 5.41) is 20.7. The van der Waals surface area contributed by atoms with Gasteiger partial charge in [0.05, 0.1) is 5.92 Å². The Bertz CT molecular complexity index is 590. The Morgan fingerprint density at radius 1 is 1.12 bits per heavy atom. The van der Waals surface area contributed by atoms with Crippen LogP contribution in [0.5, 0.6) is 0 Å². The SMILES string of the molecule is CO[C@H](C(=O)NO)[C@@H](CC(C)C)C(=O)N[C@H](C(=O)O)c1ccccc1. The van der Waals surface area contributed by atoms with E-state index in [-0.39, 0.29) is 12.3 Å². The number of ether oxygens (including phenoxy) is 1. The molecule has 0 aliphatic carbocycles. The van der Waals surface area contributed by atoms with Gasteiger partial charge in [-0.3, -0.25) is 14.8 Å². The summed E-state index contributed by atoms with van der Waals surface area (Å²) in [5.74, 6) is -3.64. The summed E-state index contributed by atoms with van der Waals surface area (Å²) in [5.41, 5.74) is 1.88. The van der Waals surface area contributed by atoms with Gasteiger partial charge in [0.1, 0.15) is 6.10 Å². The maximum absolute atomic E-state index is 12.7. The van der Waals surface area contributed by atoms with Crippen LogP contribution in [0.25, 0.3) is 0 Å². The molecule has 1 rings (SSSR count). The third kappa shape index (κ3) is 5.84. The van der Waals surface area contributed by atoms with Crippen molar-refractivity contribution >= 4 is 17.8 Å². The molecule has 0 aromatic heterocycles. The summed E-state index contributed by atoms with van der Waals surface area (Å²) in [6, 6.07) is 6.99. The molecule has 0 saturated carbocycles. The average molecular weight is 352 g/mol. The van der Waals surface area contributed by atoms with Crippen LogP contribution in [-0.2, 0) is 19.1 Å². The number of hydrogen-bond donors (Lipinski definition) is 4. The predicted octanol–water partition coefficient (Wildman–Crippen LogP) is 1.11. The molecule has 8 nitrogen and oxygen atoms in total. The molecule has 4 N–H and O–H groups in total. The summed E-state index contributed by atoms with van der Waals surface area (Å²) >= 11 is 0. The van der Waals surface area contributed by atoms with Crippen molar-refractivity contribution in [2.24, 2.45) is 11.8 Å². The van der Waals surface area contributed by atoms with Crippen molar-refractivity contribution in [3.05, 3.63) is 35.9 Å². The highest BCUT2D eigenvalue weighted by molar-refractivity contribution is 5.91. The lowest BCUT2D eigenvalue weighted by atomic mass is 9.90. The minimum absolute atomic E-state index is 0.0416. The fourth-order valence-electron chi connectivity index (χ4n) is 2.58. The van der Waals surface area contributed by atoms with Gasteiger partial charge in [0.2, 0.25) is 5.91 Å². The maximum atomic E-state index is 12.7. The molecule has 1 aromatic carbocycles. The van der Waals surface area contributed by atoms with Crippen molar-refractivity contribution in [3.8, 4) is 0 Å². The molecule has 138 valence electrons. The molecule has 8 heteroatoms. The van der Waals surface area contributed by atoms with Gasteiger partial charge in [0.15, 0.2) is 6.04 Å². The molecule has 25 heavy (non-hydrogen) atoms. The predicted molar refractivity (Wildman–Crippen MR) is 88.6 cm³/mol. The summed E-state index contributed by atoms with van der Waals surface area (Å²) in [6.45, 7) is 3.71. The van der Waals surface area contributed by atoms with Crippen molar-refractivity contribution in [3.63, 3.8) is 0 Å². The Balaban J connectivity index is 3.06. The highest BCUT2D eigenvalue weighted by Gasteiger charge is 2.36. The molecule has 0 aliphatic rings. The minimum Gasteiger partial charge on any atom is -0.479 e. The Kier molecular flexibility index (Phi) is 8.03. The monoisotopic (exact) mass is 352 g/mol. The van der Waals surface area contributed by atoms with Crippen LogP contribution in [0.15, 0.2) is 30.3 Å². The third-order valence-corrected chi connectivity index (χ3v) is 3.72. The number of carbonyl (C=O) groups excluding carboxylic acids is 2. The van der Waals surface area contributed by atoms with Gasteiger partial charge in [-0.2, -0.15) is 0 Å². The second-order valence-electron chi connectivity index (χ2n) is 6.06. The first-order valence-corrected chi connectivity index (χ1v) is 7.86. The number of amides is 2. The second-order valence-corrected chi connectivity index (χ2v) is 6.06. The first-order valence-electron chi connectivity index (χ1n) is 7.86. The topological polar surface area (TPSA) is 125 Å². The van der Waals surface area contributed by atoms with Crippen LogP contribution in [-0.4, -0.2) is 41.3 Å². The normalized spacial score (nSPS) is 14.4. The number of benzene rings is 1. The van der Waals surface area contributed by atoms with E-state index in [4.69, 9.17) is 9.94 Å². The van der Waals surface area contributed by atoms with Crippen LogP contribution >= 0.6 is 0 Å². The second kappa shape index (κ2) is 9.75. The van der Waals surface area contributed by atoms with E-state index in [1.54, 1.807) is 30.3 Å². The standard InChI is InChI=1S/C17H24N2O6/c1-10(2)9-12(14(25-3)16(21)19-24)15(20)18-13(17(22)23)11-7-5-4-6-8-11/h4-8,10,12-14,24H,9H2,1-3H3,(H,18,20)(H,19,21)(H,22,23)/t12-,13+,14+/m1/s1. The summed E-state index contributed by atoms with van der Waals surface area (Å²) in [4.78, 5) is 36.0. The molecule has 0 radical (unpaired) electrons. The van der Waals surface area contributed by atoms with E-state index >= 15 is 0 Å². The number of hydroxylamine groups is 1. The largest absolute Gasteiger partial charge is 0.479 e. The number of carbonyl (C=O) groups is 3. The molecule has 0 saturated heterocycles. The van der Waals surface area contributed by atoms with Crippen molar-refractivity contribution in [1.29, 1.82) is 0 Å². The Morgan fingerprint density at radius 3 is 2.16 bits per heavy atom. The van der Waals surface area contributed by atoms with E-state index < -0.39 is 35.8 Å². The zero-order valence-electron chi connectivity index (χ0n) is 14.4. The van der Waals surface area contributed by atoms with Gasteiger partial charge in [0, 0.05) is 7.11 Å². The Labute approximate surface area is 146 Å². The maximum Gasteiger partial charge on any atom is 0.330 e. The van der Waals surface area contributed by atoms with Gasteiger partial charge >= 0.3 is 5.97 Å². The molecule has 3 atom stereocenters. The molecule has 0 aliphatic heterocycles. The van der Waals surface area contributed by atoms with E-state index in [0.717, 1.165) is 0 Å². The number of methoxy groups -OCH3 is 1. The smallest absolute Gasteiger partial charge is 0.330 e. The number of aliphatic carboxylic acids is 1. The summed E-state index contributed by atoms with van der Waals surface area (Å²) < 4.78 is 5.05. The molecular weight excluding hydrogens is 328 g/mol. The highest BCUT2D eigenvalue weighted by Crippen LogP contribution is 2.21. The van der Waals surface area contributed by atoms with Crippen LogP contribution in [0.3, 0.4) is 0 Å². The van der Waals surface area contributed by atoms with Crippen molar-refractivity contribution in [1.82, 2.24) is 10.8 Å². The van der Waals surface area contributed by atoms with Gasteiger partial charge in [0.25, 0.3) is 5.91 Å². The molecule has 0 bridgehead atoms. The van der Waals surface area contributed by atoms with Gasteiger partial charge in [-0.05, 0) is 17.9 Å². The van der Waals surface area contributed by atoms with Crippen LogP contribution < -0.4 is 10.8 Å². The quantitative estimate of drug-likeness (QED) is 0.390. The van der Waals surface area contributed by atoms with Crippen LogP contribution in [0.2, 0.25) is 0 Å². The Hall–Kier alpha value is -2.45. The molecular formula is C17H24N2O6. The number of rotatable bonds is 9. The minimum atomic E-state index is -1.25. The lowest BCUT2D eigenvalue weighted by molar-refractivity contribution is -0.150. The van der Waals surface area contributed by atoms with Gasteiger partial charge < -0.3 is 15.2 Å². The Morgan fingerprint density at radius 2 is 1.72 bits per heavy atom. The fraction of sp³-hybridized carbons (Fsp3) is 0.471. The average Bonchev–Trinajstić information content (AvgIpc) is 2.59. The van der Waals surface area contributed by atoms with Crippen LogP contribution in [0.1, 0.15) is 31.9 Å². The fourth-order valence-corrected chi connectivity index (χ4v) is 2.58. The van der Waals surface area contributed by atoms with Gasteiger partial charge in [-0.15, -0.1) is 0 Å². The zero-order valence-corrected chi connectivity index (χ0v) is 14.4. The van der Waals surface area contributed by atoms with E-state index in [9.17, 15) is 19.5 Å².